The molecule has 1 aromatic carbocycles. The van der Waals surface area contributed by atoms with Crippen molar-refractivity contribution in [1.29, 1.82) is 0 Å². The fourth-order valence-electron chi connectivity index (χ4n) is 1.86. The number of nitrogens with zero attached hydrogens (tertiary/aromatic N) is 1. The summed E-state index contributed by atoms with van der Waals surface area (Å²) in [6.07, 6.45) is 2.17. The van der Waals surface area contributed by atoms with E-state index in [4.69, 9.17) is 5.84 Å². The van der Waals surface area contributed by atoms with Crippen LogP contribution >= 0.6 is 0 Å². The quantitative estimate of drug-likeness (QED) is 0.446. The molecule has 0 saturated heterocycles. The molecule has 0 aromatic heterocycles. The predicted molar refractivity (Wildman–Crippen MR) is 69.1 cm³/mol. The Balaban J connectivity index is 2.84. The van der Waals surface area contributed by atoms with Gasteiger partial charge in [0.1, 0.15) is 6.04 Å². The lowest BCUT2D eigenvalue weighted by Gasteiger charge is -2.26. The van der Waals surface area contributed by atoms with Crippen molar-refractivity contribution < 1.29 is 4.79 Å². The lowest BCUT2D eigenvalue weighted by molar-refractivity contribution is -0.126. The van der Waals surface area contributed by atoms with Crippen molar-refractivity contribution >= 4 is 5.91 Å². The number of carbonyl (C=O) groups excluding carboxylic acids is 1. The van der Waals surface area contributed by atoms with Gasteiger partial charge in [-0.3, -0.25) is 15.1 Å². The van der Waals surface area contributed by atoms with Crippen LogP contribution in [0.2, 0.25) is 0 Å². The van der Waals surface area contributed by atoms with Crippen molar-refractivity contribution in [3.63, 3.8) is 0 Å². The van der Waals surface area contributed by atoms with Gasteiger partial charge in [-0.1, -0.05) is 43.7 Å². The molecule has 0 radical (unpaired) electrons. The Kier molecular flexibility index (Phi) is 5.66. The summed E-state index contributed by atoms with van der Waals surface area (Å²) in [6, 6.07) is 9.38. The average molecular weight is 235 g/mol. The van der Waals surface area contributed by atoms with Gasteiger partial charge in [-0.2, -0.15) is 0 Å². The summed E-state index contributed by atoms with van der Waals surface area (Å²) in [7, 11) is 1.95. The molecule has 1 unspecified atom stereocenters. The Labute approximate surface area is 103 Å². The van der Waals surface area contributed by atoms with E-state index in [0.717, 1.165) is 24.9 Å². The van der Waals surface area contributed by atoms with E-state index in [9.17, 15) is 4.79 Å². The van der Waals surface area contributed by atoms with Gasteiger partial charge < -0.3 is 0 Å². The number of benzene rings is 1. The summed E-state index contributed by atoms with van der Waals surface area (Å²) in [6.45, 7) is 3.01. The molecule has 1 atom stereocenters. The molecular weight excluding hydrogens is 214 g/mol. The van der Waals surface area contributed by atoms with Crippen LogP contribution in [0.3, 0.4) is 0 Å². The summed E-state index contributed by atoms with van der Waals surface area (Å²) in [5, 5.41) is 0. The van der Waals surface area contributed by atoms with Crippen LogP contribution < -0.4 is 11.3 Å². The minimum atomic E-state index is -0.312. The smallest absolute Gasteiger partial charge is 0.255 e. The van der Waals surface area contributed by atoms with Crippen LogP contribution in [-0.2, 0) is 4.79 Å². The lowest BCUT2D eigenvalue weighted by atomic mass is 10.0. The molecule has 0 bridgehead atoms. The van der Waals surface area contributed by atoms with E-state index in [2.05, 4.69) is 12.3 Å². The highest BCUT2D eigenvalue weighted by molar-refractivity contribution is 5.82. The molecule has 3 N–H and O–H groups in total. The van der Waals surface area contributed by atoms with Crippen LogP contribution in [0.4, 0.5) is 0 Å². The summed E-state index contributed by atoms with van der Waals surface area (Å²) >= 11 is 0. The van der Waals surface area contributed by atoms with Crippen LogP contribution in [0, 0.1) is 0 Å². The number of hydrazine groups is 1. The van der Waals surface area contributed by atoms with E-state index in [0.29, 0.717) is 0 Å². The molecule has 0 aliphatic carbocycles. The van der Waals surface area contributed by atoms with Gasteiger partial charge in [-0.05, 0) is 25.6 Å². The Bertz CT molecular complexity index is 340. The van der Waals surface area contributed by atoms with Gasteiger partial charge in [-0.25, -0.2) is 5.84 Å². The van der Waals surface area contributed by atoms with E-state index >= 15 is 0 Å². The molecule has 0 aliphatic heterocycles. The highest BCUT2D eigenvalue weighted by Gasteiger charge is 2.23. The van der Waals surface area contributed by atoms with Gasteiger partial charge in [0, 0.05) is 0 Å². The summed E-state index contributed by atoms with van der Waals surface area (Å²) in [5.41, 5.74) is 3.21. The van der Waals surface area contributed by atoms with Gasteiger partial charge in [0.05, 0.1) is 0 Å². The molecule has 0 heterocycles. The number of nitrogens with two attached hydrogens (primary N) is 1. The van der Waals surface area contributed by atoms with Crippen LogP contribution in [0.25, 0.3) is 0 Å². The van der Waals surface area contributed by atoms with Crippen molar-refractivity contribution in [2.75, 3.05) is 13.6 Å². The van der Waals surface area contributed by atoms with E-state index in [1.807, 2.05) is 42.3 Å². The molecule has 94 valence electrons. The van der Waals surface area contributed by atoms with Crippen molar-refractivity contribution in [2.45, 2.75) is 25.8 Å². The highest BCUT2D eigenvalue weighted by atomic mass is 16.2. The zero-order valence-corrected chi connectivity index (χ0v) is 10.5. The molecular formula is C13H21N3O. The summed E-state index contributed by atoms with van der Waals surface area (Å²) in [4.78, 5) is 13.9. The number of nitrogens with one attached hydrogen (secondary N) is 1. The molecule has 1 rings (SSSR count). The van der Waals surface area contributed by atoms with Crippen LogP contribution in [0.15, 0.2) is 30.3 Å². The zero-order chi connectivity index (χ0) is 12.7. The van der Waals surface area contributed by atoms with Gasteiger partial charge in [0.25, 0.3) is 5.91 Å². The second-order valence-electron chi connectivity index (χ2n) is 4.16. The Morgan fingerprint density at radius 1 is 1.41 bits per heavy atom. The fourth-order valence-corrected chi connectivity index (χ4v) is 1.86. The molecule has 1 aromatic rings. The normalized spacial score (nSPS) is 12.5. The van der Waals surface area contributed by atoms with E-state index < -0.39 is 0 Å². The monoisotopic (exact) mass is 235 g/mol. The number of hydrogen-bond acceptors (Lipinski definition) is 3. The highest BCUT2D eigenvalue weighted by Crippen LogP contribution is 2.19. The predicted octanol–water partition coefficient (Wildman–Crippen LogP) is 1.45. The molecule has 0 fully saturated rings. The Hall–Kier alpha value is -1.39. The van der Waals surface area contributed by atoms with Gasteiger partial charge in [0.2, 0.25) is 0 Å². The van der Waals surface area contributed by atoms with E-state index in [-0.39, 0.29) is 11.9 Å². The van der Waals surface area contributed by atoms with E-state index in [1.165, 1.54) is 0 Å². The van der Waals surface area contributed by atoms with Crippen molar-refractivity contribution in [1.82, 2.24) is 10.3 Å². The number of carbonyl (C=O) groups is 1. The average Bonchev–Trinajstić information content (AvgIpc) is 2.37. The second-order valence-corrected chi connectivity index (χ2v) is 4.16. The number of hydrogen-bond donors (Lipinski definition) is 2. The molecule has 4 heteroatoms. The number of unbranched alkanes of at least 4 members (excludes halogenated alkanes) is 1. The third-order valence-electron chi connectivity index (χ3n) is 2.81. The third kappa shape index (κ3) is 3.84. The van der Waals surface area contributed by atoms with Crippen molar-refractivity contribution in [3.05, 3.63) is 35.9 Å². The molecule has 4 nitrogen and oxygen atoms in total. The number of likely N-dealkylation sites (N-methyl/N-ethyl adjacent to an activating group) is 1. The van der Waals surface area contributed by atoms with E-state index in [1.54, 1.807) is 0 Å². The maximum Gasteiger partial charge on any atom is 0.255 e. The number of amides is 1. The summed E-state index contributed by atoms with van der Waals surface area (Å²) < 4.78 is 0. The maximum absolute atomic E-state index is 11.8. The minimum Gasteiger partial charge on any atom is -0.293 e. The van der Waals surface area contributed by atoms with Gasteiger partial charge in [0.15, 0.2) is 0 Å². The van der Waals surface area contributed by atoms with Crippen LogP contribution in [0.5, 0.6) is 0 Å². The standard InChI is InChI=1S/C13H21N3O/c1-3-4-10-16(2)12(13(17)15-14)11-8-6-5-7-9-11/h5-9,12H,3-4,10,14H2,1-2H3,(H,15,17). The van der Waals surface area contributed by atoms with Crippen LogP contribution in [0.1, 0.15) is 31.4 Å². The first-order valence-corrected chi connectivity index (χ1v) is 5.96. The molecule has 1 amide bonds. The maximum atomic E-state index is 11.8. The van der Waals surface area contributed by atoms with Crippen molar-refractivity contribution in [2.24, 2.45) is 5.84 Å². The Morgan fingerprint density at radius 3 is 2.59 bits per heavy atom. The first-order chi connectivity index (χ1) is 8.20. The van der Waals surface area contributed by atoms with Crippen molar-refractivity contribution in [3.8, 4) is 0 Å². The molecule has 0 aliphatic rings. The third-order valence-corrected chi connectivity index (χ3v) is 2.81. The first kappa shape index (κ1) is 13.7. The SMILES string of the molecule is CCCCN(C)C(C(=O)NN)c1ccccc1. The van der Waals surface area contributed by atoms with Crippen LogP contribution in [-0.4, -0.2) is 24.4 Å². The van der Waals surface area contributed by atoms with Gasteiger partial charge >= 0.3 is 0 Å². The summed E-state index contributed by atoms with van der Waals surface area (Å²) in [5.74, 6) is 5.08. The first-order valence-electron chi connectivity index (χ1n) is 5.96. The zero-order valence-electron chi connectivity index (χ0n) is 10.5. The Morgan fingerprint density at radius 2 is 2.06 bits per heavy atom. The molecule has 0 saturated carbocycles. The largest absolute Gasteiger partial charge is 0.293 e. The molecule has 0 spiro atoms. The number of rotatable bonds is 6. The minimum absolute atomic E-state index is 0.171. The fraction of sp³-hybridized carbons (Fsp3) is 0.462. The lowest BCUT2D eigenvalue weighted by Crippen LogP contribution is -2.42. The second kappa shape index (κ2) is 7.04. The van der Waals surface area contributed by atoms with Gasteiger partial charge in [-0.15, -0.1) is 0 Å². The molecule has 17 heavy (non-hydrogen) atoms. The topological polar surface area (TPSA) is 58.4 Å².